The van der Waals surface area contributed by atoms with Gasteiger partial charge in [0, 0.05) is 18.2 Å². The first kappa shape index (κ1) is 17.8. The highest BCUT2D eigenvalue weighted by atomic mass is 35.5. The summed E-state index contributed by atoms with van der Waals surface area (Å²) in [7, 11) is 0. The number of carbonyl (C=O) groups is 1. The first-order valence-corrected chi connectivity index (χ1v) is 7.92. The summed E-state index contributed by atoms with van der Waals surface area (Å²) in [6.07, 6.45) is 1.64. The molecule has 0 heterocycles. The largest absolute Gasteiger partial charge is 0.444 e. The van der Waals surface area contributed by atoms with Gasteiger partial charge in [0.15, 0.2) is 5.82 Å². The van der Waals surface area contributed by atoms with Crippen LogP contribution in [0.3, 0.4) is 0 Å². The van der Waals surface area contributed by atoms with Crippen LogP contribution in [-0.4, -0.2) is 23.8 Å². The number of nitrogens with one attached hydrogen (secondary N) is 2. The molecule has 0 saturated heterocycles. The van der Waals surface area contributed by atoms with E-state index < -0.39 is 23.3 Å². The molecule has 0 spiro atoms. The summed E-state index contributed by atoms with van der Waals surface area (Å²) in [6.45, 7) is 5.39. The fourth-order valence-corrected chi connectivity index (χ4v) is 2.85. The van der Waals surface area contributed by atoms with E-state index in [0.29, 0.717) is 6.42 Å². The lowest BCUT2D eigenvalue weighted by Crippen LogP contribution is -2.38. The van der Waals surface area contributed by atoms with Crippen molar-refractivity contribution in [1.82, 2.24) is 5.32 Å². The van der Waals surface area contributed by atoms with Gasteiger partial charge in [0.1, 0.15) is 11.4 Å². The van der Waals surface area contributed by atoms with Gasteiger partial charge in [-0.25, -0.2) is 13.6 Å². The van der Waals surface area contributed by atoms with Gasteiger partial charge in [0.2, 0.25) is 0 Å². The third-order valence-electron chi connectivity index (χ3n) is 3.51. The predicted octanol–water partition coefficient (Wildman–Crippen LogP) is 4.48. The van der Waals surface area contributed by atoms with Gasteiger partial charge >= 0.3 is 6.09 Å². The normalized spacial score (nSPS) is 21.1. The minimum atomic E-state index is -0.724. The average Bonchev–Trinajstić information content (AvgIpc) is 2.78. The van der Waals surface area contributed by atoms with E-state index in [2.05, 4.69) is 10.6 Å². The van der Waals surface area contributed by atoms with Crippen molar-refractivity contribution >= 4 is 23.4 Å². The third-order valence-corrected chi connectivity index (χ3v) is 3.81. The number of rotatable bonds is 3. The van der Waals surface area contributed by atoms with E-state index in [-0.39, 0.29) is 22.8 Å². The van der Waals surface area contributed by atoms with Crippen LogP contribution in [0, 0.1) is 11.6 Å². The maximum atomic E-state index is 13.8. The zero-order valence-corrected chi connectivity index (χ0v) is 14.1. The molecule has 2 rings (SSSR count). The maximum Gasteiger partial charge on any atom is 0.407 e. The molecule has 7 heteroatoms. The number of hydrogen-bond donors (Lipinski definition) is 2. The summed E-state index contributed by atoms with van der Waals surface area (Å²) >= 11 is 5.87. The van der Waals surface area contributed by atoms with Gasteiger partial charge in [-0.05, 0) is 46.1 Å². The Labute approximate surface area is 139 Å². The monoisotopic (exact) mass is 346 g/mol. The molecular formula is C16H21ClF2N2O2. The molecule has 23 heavy (non-hydrogen) atoms. The van der Waals surface area contributed by atoms with Crippen molar-refractivity contribution < 1.29 is 18.3 Å². The summed E-state index contributed by atoms with van der Waals surface area (Å²) in [5.74, 6) is -1.44. The van der Waals surface area contributed by atoms with Crippen molar-refractivity contribution in [2.45, 2.75) is 57.7 Å². The molecule has 0 aliphatic heterocycles. The van der Waals surface area contributed by atoms with E-state index in [1.165, 1.54) is 0 Å². The molecule has 1 amide bonds. The first-order valence-electron chi connectivity index (χ1n) is 7.54. The summed E-state index contributed by atoms with van der Waals surface area (Å²) in [6, 6.07) is 1.76. The van der Waals surface area contributed by atoms with Crippen molar-refractivity contribution in [2.24, 2.45) is 0 Å². The fraction of sp³-hybridized carbons (Fsp3) is 0.562. The van der Waals surface area contributed by atoms with E-state index in [9.17, 15) is 13.6 Å². The molecule has 1 fully saturated rings. The number of halogens is 3. The smallest absolute Gasteiger partial charge is 0.407 e. The summed E-state index contributed by atoms with van der Waals surface area (Å²) < 4.78 is 32.0. The first-order chi connectivity index (χ1) is 10.6. The lowest BCUT2D eigenvalue weighted by molar-refractivity contribution is 0.0505. The van der Waals surface area contributed by atoms with E-state index in [1.807, 2.05) is 0 Å². The molecule has 1 aromatic rings. The van der Waals surface area contributed by atoms with E-state index in [1.54, 1.807) is 20.8 Å². The molecular weight excluding hydrogens is 326 g/mol. The molecule has 1 aliphatic rings. The molecule has 0 radical (unpaired) electrons. The minimum Gasteiger partial charge on any atom is -0.444 e. The number of ether oxygens (including phenoxy) is 1. The highest BCUT2D eigenvalue weighted by Gasteiger charge is 2.28. The van der Waals surface area contributed by atoms with Crippen LogP contribution < -0.4 is 10.6 Å². The number of anilines is 1. The molecule has 2 N–H and O–H groups in total. The van der Waals surface area contributed by atoms with Crippen LogP contribution in [0.15, 0.2) is 12.1 Å². The van der Waals surface area contributed by atoms with Crippen molar-refractivity contribution in [3.05, 3.63) is 28.8 Å². The van der Waals surface area contributed by atoms with Crippen molar-refractivity contribution in [1.29, 1.82) is 0 Å². The van der Waals surface area contributed by atoms with Crippen LogP contribution >= 0.6 is 11.6 Å². The minimum absolute atomic E-state index is 0.00560. The number of carbonyl (C=O) groups excluding carboxylic acids is 1. The van der Waals surface area contributed by atoms with Gasteiger partial charge in [-0.1, -0.05) is 11.6 Å². The molecule has 128 valence electrons. The highest BCUT2D eigenvalue weighted by Crippen LogP contribution is 2.30. The number of hydrogen-bond acceptors (Lipinski definition) is 3. The molecule has 0 aromatic heterocycles. The Morgan fingerprint density at radius 2 is 1.91 bits per heavy atom. The van der Waals surface area contributed by atoms with Gasteiger partial charge in [-0.15, -0.1) is 0 Å². The maximum absolute atomic E-state index is 13.8. The average molecular weight is 347 g/mol. The fourth-order valence-electron chi connectivity index (χ4n) is 2.60. The molecule has 0 bridgehead atoms. The Morgan fingerprint density at radius 3 is 2.52 bits per heavy atom. The van der Waals surface area contributed by atoms with Gasteiger partial charge < -0.3 is 15.4 Å². The topological polar surface area (TPSA) is 50.4 Å². The SMILES string of the molecule is CC(C)(C)OC(=O)NC1CCC(Nc2c(F)cc(F)cc2Cl)C1. The Kier molecular flexibility index (Phi) is 5.34. The van der Waals surface area contributed by atoms with Crippen molar-refractivity contribution in [3.8, 4) is 0 Å². The molecule has 1 saturated carbocycles. The Hall–Kier alpha value is -1.56. The van der Waals surface area contributed by atoms with Gasteiger partial charge in [0.05, 0.1) is 10.7 Å². The van der Waals surface area contributed by atoms with Gasteiger partial charge in [-0.3, -0.25) is 0 Å². The Balaban J connectivity index is 1.90. The lowest BCUT2D eigenvalue weighted by atomic mass is 10.2. The molecule has 2 atom stereocenters. The van der Waals surface area contributed by atoms with Crippen LogP contribution in [0.25, 0.3) is 0 Å². The standard InChI is InChI=1S/C16H21ClF2N2O2/c1-16(2,3)23-15(22)21-11-5-4-10(8-11)20-14-12(17)6-9(18)7-13(14)19/h6-7,10-11,20H,4-5,8H2,1-3H3,(H,21,22). The summed E-state index contributed by atoms with van der Waals surface area (Å²) in [4.78, 5) is 11.7. The summed E-state index contributed by atoms with van der Waals surface area (Å²) in [5.41, 5.74) is -0.457. The highest BCUT2D eigenvalue weighted by molar-refractivity contribution is 6.33. The summed E-state index contributed by atoms with van der Waals surface area (Å²) in [5, 5.41) is 5.80. The molecule has 4 nitrogen and oxygen atoms in total. The molecule has 2 unspecified atom stereocenters. The van der Waals surface area contributed by atoms with Crippen molar-refractivity contribution in [2.75, 3.05) is 5.32 Å². The van der Waals surface area contributed by atoms with Crippen LogP contribution in [0.5, 0.6) is 0 Å². The van der Waals surface area contributed by atoms with E-state index in [0.717, 1.165) is 25.0 Å². The van der Waals surface area contributed by atoms with Crippen LogP contribution in [0.4, 0.5) is 19.3 Å². The molecule has 1 aliphatic carbocycles. The Bertz CT molecular complexity index is 567. The van der Waals surface area contributed by atoms with Crippen molar-refractivity contribution in [3.63, 3.8) is 0 Å². The number of alkyl carbamates (subject to hydrolysis) is 1. The lowest BCUT2D eigenvalue weighted by Gasteiger charge is -2.22. The van der Waals surface area contributed by atoms with E-state index >= 15 is 0 Å². The quantitative estimate of drug-likeness (QED) is 0.848. The second kappa shape index (κ2) is 6.91. The number of amides is 1. The van der Waals surface area contributed by atoms with Crippen LogP contribution in [0.2, 0.25) is 5.02 Å². The third kappa shape index (κ3) is 5.23. The van der Waals surface area contributed by atoms with Crippen LogP contribution in [0.1, 0.15) is 40.0 Å². The van der Waals surface area contributed by atoms with E-state index in [4.69, 9.17) is 16.3 Å². The Morgan fingerprint density at radius 1 is 1.26 bits per heavy atom. The predicted molar refractivity (Wildman–Crippen MR) is 85.8 cm³/mol. The number of benzene rings is 1. The zero-order chi connectivity index (χ0) is 17.2. The molecule has 1 aromatic carbocycles. The van der Waals surface area contributed by atoms with Gasteiger partial charge in [0.25, 0.3) is 0 Å². The zero-order valence-electron chi connectivity index (χ0n) is 13.4. The van der Waals surface area contributed by atoms with Crippen LogP contribution in [-0.2, 0) is 4.74 Å². The second-order valence-electron chi connectivity index (χ2n) is 6.74. The second-order valence-corrected chi connectivity index (χ2v) is 7.15. The van der Waals surface area contributed by atoms with Gasteiger partial charge in [-0.2, -0.15) is 0 Å².